The second kappa shape index (κ2) is 8.93. The van der Waals surface area contributed by atoms with E-state index in [1.807, 2.05) is 13.8 Å². The van der Waals surface area contributed by atoms with Crippen molar-refractivity contribution in [2.75, 3.05) is 18.4 Å². The lowest BCUT2D eigenvalue weighted by Crippen LogP contribution is -2.36. The monoisotopic (exact) mass is 450 g/mol. The molecule has 1 aromatic carbocycles. The van der Waals surface area contributed by atoms with Gasteiger partial charge in [0.05, 0.1) is 27.3 Å². The molecule has 3 rings (SSSR count). The Bertz CT molecular complexity index is 1190. The number of aryl methyl sites for hydroxylation is 1. The second-order valence-electron chi connectivity index (χ2n) is 6.56. The second-order valence-corrected chi connectivity index (χ2v) is 7.96. The van der Waals surface area contributed by atoms with Crippen molar-refractivity contribution in [1.29, 1.82) is 0 Å². The Morgan fingerprint density at radius 1 is 1.30 bits per heavy atom. The highest BCUT2D eigenvalue weighted by Gasteiger charge is 2.21. The Hall–Kier alpha value is -2.78. The van der Waals surface area contributed by atoms with Gasteiger partial charge in [0.15, 0.2) is 0 Å². The summed E-state index contributed by atoms with van der Waals surface area (Å²) in [4.78, 5) is 44.6. The maximum absolute atomic E-state index is 13.2. The molecule has 0 radical (unpaired) electrons. The molecule has 2 amide bonds. The number of carbonyl (C=O) groups is 2. The summed E-state index contributed by atoms with van der Waals surface area (Å²) >= 11 is 7.04. The molecule has 7 nitrogen and oxygen atoms in total. The minimum absolute atomic E-state index is 0.0671. The highest BCUT2D eigenvalue weighted by atomic mass is 35.5. The molecular formula is C20H20ClFN4O3S. The van der Waals surface area contributed by atoms with Crippen molar-refractivity contribution >= 4 is 50.7 Å². The van der Waals surface area contributed by atoms with Crippen LogP contribution in [0.25, 0.3) is 10.2 Å². The number of rotatable bonds is 6. The van der Waals surface area contributed by atoms with Gasteiger partial charge in [-0.15, -0.1) is 11.3 Å². The molecule has 2 aromatic heterocycles. The number of anilines is 1. The molecule has 0 unspecified atom stereocenters. The van der Waals surface area contributed by atoms with Crippen molar-refractivity contribution in [3.63, 3.8) is 0 Å². The molecule has 0 spiro atoms. The van der Waals surface area contributed by atoms with Crippen LogP contribution in [0.3, 0.4) is 0 Å². The summed E-state index contributed by atoms with van der Waals surface area (Å²) in [5.74, 6) is -1.17. The predicted octanol–water partition coefficient (Wildman–Crippen LogP) is 3.68. The summed E-state index contributed by atoms with van der Waals surface area (Å²) < 4.78 is 14.5. The van der Waals surface area contributed by atoms with Crippen molar-refractivity contribution < 1.29 is 14.0 Å². The Labute approximate surface area is 181 Å². The van der Waals surface area contributed by atoms with E-state index in [0.29, 0.717) is 33.7 Å². The van der Waals surface area contributed by atoms with Crippen molar-refractivity contribution in [3.8, 4) is 0 Å². The van der Waals surface area contributed by atoms with Gasteiger partial charge in [0.2, 0.25) is 5.91 Å². The molecule has 2 heterocycles. The van der Waals surface area contributed by atoms with Gasteiger partial charge in [0.1, 0.15) is 17.2 Å². The normalized spacial score (nSPS) is 11.0. The molecular weight excluding hydrogens is 431 g/mol. The van der Waals surface area contributed by atoms with E-state index < -0.39 is 11.7 Å². The fraction of sp³-hybridized carbons (Fsp3) is 0.300. The number of carbonyl (C=O) groups excluding carboxylic acids is 2. The highest BCUT2D eigenvalue weighted by Crippen LogP contribution is 2.29. The van der Waals surface area contributed by atoms with Gasteiger partial charge >= 0.3 is 0 Å². The third-order valence-corrected chi connectivity index (χ3v) is 6.24. The number of likely N-dealkylation sites (N-methyl/N-ethyl adjacent to an activating group) is 1. The number of nitrogens with zero attached hydrogens (tertiary/aromatic N) is 3. The SMILES string of the molecule is CCN(CC)C(=O)Cn1cnc2sc(C(=O)Nc3ccc(F)cc3Cl)c(C)c2c1=O. The summed E-state index contributed by atoms with van der Waals surface area (Å²) in [6, 6.07) is 3.65. The molecule has 158 valence electrons. The van der Waals surface area contributed by atoms with E-state index in [2.05, 4.69) is 10.3 Å². The molecule has 0 bridgehead atoms. The van der Waals surface area contributed by atoms with Crippen LogP contribution in [-0.2, 0) is 11.3 Å². The molecule has 10 heteroatoms. The number of aromatic nitrogens is 2. The predicted molar refractivity (Wildman–Crippen MR) is 116 cm³/mol. The van der Waals surface area contributed by atoms with Crippen LogP contribution in [0.1, 0.15) is 29.1 Å². The topological polar surface area (TPSA) is 84.3 Å². The van der Waals surface area contributed by atoms with Crippen LogP contribution in [0, 0.1) is 12.7 Å². The molecule has 0 aliphatic rings. The van der Waals surface area contributed by atoms with Gasteiger partial charge in [-0.2, -0.15) is 0 Å². The van der Waals surface area contributed by atoms with E-state index in [1.165, 1.54) is 23.0 Å². The first kappa shape index (κ1) is 21.9. The average molecular weight is 451 g/mol. The average Bonchev–Trinajstić information content (AvgIpc) is 3.04. The zero-order valence-electron chi connectivity index (χ0n) is 16.7. The van der Waals surface area contributed by atoms with Crippen LogP contribution in [0.4, 0.5) is 10.1 Å². The summed E-state index contributed by atoms with van der Waals surface area (Å²) in [7, 11) is 0. The molecule has 0 aliphatic carbocycles. The smallest absolute Gasteiger partial charge is 0.266 e. The van der Waals surface area contributed by atoms with Crippen LogP contribution < -0.4 is 10.9 Å². The van der Waals surface area contributed by atoms with E-state index in [0.717, 1.165) is 17.4 Å². The van der Waals surface area contributed by atoms with Crippen LogP contribution in [0.2, 0.25) is 5.02 Å². The van der Waals surface area contributed by atoms with E-state index in [1.54, 1.807) is 11.8 Å². The molecule has 0 saturated carbocycles. The third kappa shape index (κ3) is 4.22. The van der Waals surface area contributed by atoms with Gasteiger partial charge < -0.3 is 10.2 Å². The maximum atomic E-state index is 13.2. The van der Waals surface area contributed by atoms with E-state index in [9.17, 15) is 18.8 Å². The number of amides is 2. The number of nitrogens with one attached hydrogen (secondary N) is 1. The first-order valence-corrected chi connectivity index (χ1v) is 10.5. The quantitative estimate of drug-likeness (QED) is 0.620. The maximum Gasteiger partial charge on any atom is 0.266 e. The fourth-order valence-electron chi connectivity index (χ4n) is 3.08. The van der Waals surface area contributed by atoms with Crippen LogP contribution in [-0.4, -0.2) is 39.4 Å². The van der Waals surface area contributed by atoms with Gasteiger partial charge in [-0.25, -0.2) is 9.37 Å². The number of fused-ring (bicyclic) bond motifs is 1. The molecule has 0 atom stereocenters. The molecule has 0 aliphatic heterocycles. The molecule has 0 saturated heterocycles. The number of benzene rings is 1. The van der Waals surface area contributed by atoms with E-state index >= 15 is 0 Å². The zero-order chi connectivity index (χ0) is 22.0. The molecule has 3 aromatic rings. The minimum atomic E-state index is -0.514. The first-order chi connectivity index (χ1) is 14.3. The van der Waals surface area contributed by atoms with Crippen LogP contribution in [0.5, 0.6) is 0 Å². The number of thiophene rings is 1. The number of hydrogen-bond donors (Lipinski definition) is 1. The Morgan fingerprint density at radius 3 is 2.63 bits per heavy atom. The Balaban J connectivity index is 1.94. The van der Waals surface area contributed by atoms with Crippen molar-refractivity contribution in [1.82, 2.24) is 14.5 Å². The minimum Gasteiger partial charge on any atom is -0.342 e. The highest BCUT2D eigenvalue weighted by molar-refractivity contribution is 7.20. The molecule has 30 heavy (non-hydrogen) atoms. The van der Waals surface area contributed by atoms with Crippen molar-refractivity contribution in [2.24, 2.45) is 0 Å². The van der Waals surface area contributed by atoms with Crippen LogP contribution in [0.15, 0.2) is 29.3 Å². The lowest BCUT2D eigenvalue weighted by molar-refractivity contribution is -0.131. The number of hydrogen-bond acceptors (Lipinski definition) is 5. The molecule has 0 fully saturated rings. The van der Waals surface area contributed by atoms with E-state index in [-0.39, 0.29) is 28.7 Å². The fourth-order valence-corrected chi connectivity index (χ4v) is 4.33. The third-order valence-electron chi connectivity index (χ3n) is 4.72. The van der Waals surface area contributed by atoms with Gasteiger partial charge in [0.25, 0.3) is 11.5 Å². The van der Waals surface area contributed by atoms with Gasteiger partial charge in [-0.05, 0) is 44.5 Å². The lowest BCUT2D eigenvalue weighted by atomic mass is 10.2. The summed E-state index contributed by atoms with van der Waals surface area (Å²) in [5.41, 5.74) is 0.344. The standard InChI is InChI=1S/C20H20ClFN4O3S/c1-4-25(5-2)15(27)9-26-10-23-19-16(20(26)29)11(3)17(30-19)18(28)24-14-7-6-12(22)8-13(14)21/h6-8,10H,4-5,9H2,1-3H3,(H,24,28). The largest absolute Gasteiger partial charge is 0.342 e. The van der Waals surface area contributed by atoms with Gasteiger partial charge in [0, 0.05) is 13.1 Å². The van der Waals surface area contributed by atoms with E-state index in [4.69, 9.17) is 11.6 Å². The zero-order valence-corrected chi connectivity index (χ0v) is 18.2. The summed E-state index contributed by atoms with van der Waals surface area (Å²) in [6.07, 6.45) is 1.32. The van der Waals surface area contributed by atoms with Crippen molar-refractivity contribution in [3.05, 3.63) is 56.2 Å². The van der Waals surface area contributed by atoms with Gasteiger partial charge in [-0.1, -0.05) is 11.6 Å². The summed E-state index contributed by atoms with van der Waals surface area (Å²) in [6.45, 7) is 6.37. The van der Waals surface area contributed by atoms with Crippen molar-refractivity contribution in [2.45, 2.75) is 27.3 Å². The Kier molecular flexibility index (Phi) is 6.52. The van der Waals surface area contributed by atoms with Gasteiger partial charge in [-0.3, -0.25) is 19.0 Å². The number of halogens is 2. The lowest BCUT2D eigenvalue weighted by Gasteiger charge is -2.18. The van der Waals surface area contributed by atoms with Crippen LogP contribution >= 0.6 is 22.9 Å². The Morgan fingerprint density at radius 2 is 2.00 bits per heavy atom. The summed E-state index contributed by atoms with van der Waals surface area (Å²) in [5, 5.41) is 2.99. The first-order valence-electron chi connectivity index (χ1n) is 9.29. The molecule has 1 N–H and O–H groups in total.